The quantitative estimate of drug-likeness (QED) is 0.199. The molecule has 0 bridgehead atoms. The van der Waals surface area contributed by atoms with Gasteiger partial charge in [-0.3, -0.25) is 0 Å². The van der Waals surface area contributed by atoms with Gasteiger partial charge in [-0.15, -0.1) is 0 Å². The van der Waals surface area contributed by atoms with Gasteiger partial charge in [0.05, 0.1) is 44.5 Å². The number of nitrogens with zero attached hydrogens (tertiary/aromatic N) is 4. The first-order valence-corrected chi connectivity index (χ1v) is 16.0. The molecule has 0 spiro atoms. The lowest BCUT2D eigenvalue weighted by atomic mass is 9.98. The summed E-state index contributed by atoms with van der Waals surface area (Å²) in [5, 5.41) is 31.0. The van der Waals surface area contributed by atoms with Crippen molar-refractivity contribution < 1.29 is 0 Å². The minimum atomic E-state index is 0.526. The maximum absolute atomic E-state index is 14.2. The van der Waals surface area contributed by atoms with Gasteiger partial charge in [0.1, 0.15) is 6.07 Å². The van der Waals surface area contributed by atoms with E-state index in [1.165, 1.54) is 10.8 Å². The molecule has 0 unspecified atom stereocenters. The highest BCUT2D eigenvalue weighted by molar-refractivity contribution is 6.23. The molecule has 3 heterocycles. The topological polar surface area (TPSA) is 61.6 Å². The fourth-order valence-electron chi connectivity index (χ4n) is 7.86. The highest BCUT2D eigenvalue weighted by Crippen LogP contribution is 2.44. The minimum absolute atomic E-state index is 0.526. The minimum Gasteiger partial charge on any atom is -0.805 e. The van der Waals surface area contributed by atoms with E-state index in [-0.39, 0.29) is 0 Å². The number of para-hydroxylation sites is 6. The largest absolute Gasteiger partial charge is 0.805 e. The second kappa shape index (κ2) is 9.86. The average Bonchev–Trinajstić information content (AvgIpc) is 3.77. The molecule has 10 aromatic rings. The van der Waals surface area contributed by atoms with Crippen LogP contribution >= 0.6 is 0 Å². The molecule has 0 saturated heterocycles. The molecule has 5 heteroatoms. The summed E-state index contributed by atoms with van der Waals surface area (Å²) in [5.41, 5.74) is 9.34. The molecule has 5 nitrogen and oxygen atoms in total. The smallest absolute Gasteiger partial charge is 0.101 e. The first-order chi connectivity index (χ1) is 23.7. The highest BCUT2D eigenvalue weighted by Gasteiger charge is 2.24. The summed E-state index contributed by atoms with van der Waals surface area (Å²) in [5.74, 6) is 0. The molecule has 0 aliphatic rings. The van der Waals surface area contributed by atoms with Gasteiger partial charge in [-0.1, -0.05) is 115 Å². The summed E-state index contributed by atoms with van der Waals surface area (Å²) >= 11 is 0. The van der Waals surface area contributed by atoms with E-state index < -0.39 is 0 Å². The Labute approximate surface area is 274 Å². The Morgan fingerprint density at radius 3 is 1.54 bits per heavy atom. The predicted molar refractivity (Wildman–Crippen MR) is 197 cm³/mol. The number of aromatic nitrogens is 3. The van der Waals surface area contributed by atoms with E-state index in [2.05, 4.69) is 118 Å². The number of hydrogen-bond donors (Lipinski definition) is 0. The number of nitriles is 1. The van der Waals surface area contributed by atoms with Crippen molar-refractivity contribution in [1.29, 1.82) is 5.26 Å². The van der Waals surface area contributed by atoms with E-state index in [4.69, 9.17) is 0 Å². The predicted octanol–water partition coefficient (Wildman–Crippen LogP) is 10.9. The molecule has 0 fully saturated rings. The third kappa shape index (κ3) is 3.43. The normalized spacial score (nSPS) is 11.8. The zero-order valence-electron chi connectivity index (χ0n) is 25.6. The molecule has 3 aromatic heterocycles. The van der Waals surface area contributed by atoms with Gasteiger partial charge in [0, 0.05) is 49.0 Å². The van der Waals surface area contributed by atoms with Crippen LogP contribution in [0.15, 0.2) is 152 Å². The van der Waals surface area contributed by atoms with Crippen LogP contribution in [0.3, 0.4) is 0 Å². The fourth-order valence-corrected chi connectivity index (χ4v) is 7.86. The van der Waals surface area contributed by atoms with E-state index in [0.29, 0.717) is 16.6 Å². The van der Waals surface area contributed by atoms with Crippen LogP contribution in [0.5, 0.6) is 0 Å². The van der Waals surface area contributed by atoms with Crippen LogP contribution in [0, 0.1) is 16.5 Å². The summed E-state index contributed by atoms with van der Waals surface area (Å²) in [7, 11) is 0. The first kappa shape index (κ1) is 26.4. The van der Waals surface area contributed by atoms with Crippen molar-refractivity contribution in [3.8, 4) is 28.6 Å². The van der Waals surface area contributed by atoms with Gasteiger partial charge >= 0.3 is 0 Å². The summed E-state index contributed by atoms with van der Waals surface area (Å²) < 4.78 is 5.53. The highest BCUT2D eigenvalue weighted by atomic mass is 16.5. The van der Waals surface area contributed by atoms with Crippen molar-refractivity contribution in [3.63, 3.8) is 0 Å². The third-order valence-electron chi connectivity index (χ3n) is 9.82. The first-order valence-electron chi connectivity index (χ1n) is 16.0. The van der Waals surface area contributed by atoms with Crippen molar-refractivity contribution in [2.24, 2.45) is 0 Å². The summed E-state index contributed by atoms with van der Waals surface area (Å²) in [4.78, 5) is 0. The molecule has 10 rings (SSSR count). The lowest BCUT2D eigenvalue weighted by Gasteiger charge is -2.20. The van der Waals surface area contributed by atoms with E-state index in [1.807, 2.05) is 48.5 Å². The van der Waals surface area contributed by atoms with Gasteiger partial charge in [0.15, 0.2) is 0 Å². The van der Waals surface area contributed by atoms with E-state index >= 15 is 0 Å². The molecular formula is C43H25N4O-. The Kier molecular flexibility index (Phi) is 5.43. The molecule has 224 valence electrons. The zero-order chi connectivity index (χ0) is 31.9. The maximum Gasteiger partial charge on any atom is 0.101 e. The standard InChI is InChI=1S/C43H25N4O/c44-26-27-12-11-18-33(30-15-3-8-21-38(30)45-36-19-6-1-13-28(36)29-14-2-7-20-37(29)45)41(27)46-39-22-9-4-16-31(39)34-24-25-35-32-17-5-10-23-40(32)47(48)43(35)42(34)46/h1-25H/q-1. The number of benzene rings is 7. The van der Waals surface area contributed by atoms with Crippen molar-refractivity contribution in [2.45, 2.75) is 0 Å². The lowest BCUT2D eigenvalue weighted by Crippen LogP contribution is -2.04. The molecule has 0 saturated carbocycles. The monoisotopic (exact) mass is 613 g/mol. The molecule has 0 amide bonds. The van der Waals surface area contributed by atoms with Gasteiger partial charge in [-0.05, 0) is 36.4 Å². The molecule has 0 atom stereocenters. The van der Waals surface area contributed by atoms with Gasteiger partial charge in [0.2, 0.25) is 0 Å². The Morgan fingerprint density at radius 1 is 0.417 bits per heavy atom. The number of fused-ring (bicyclic) bond motifs is 10. The van der Waals surface area contributed by atoms with Gasteiger partial charge in [-0.2, -0.15) is 5.26 Å². The van der Waals surface area contributed by atoms with E-state index in [0.717, 1.165) is 70.8 Å². The fraction of sp³-hybridized carbons (Fsp3) is 0. The SMILES string of the molecule is N#Cc1cccc(-c2ccccc2-n2c3ccccc3c3ccccc32)c1-n1c2ccccc2c2ccc3c4ccccc4n([O-])c3c21. The summed E-state index contributed by atoms with van der Waals surface area (Å²) in [6, 6.07) is 53.9. The maximum atomic E-state index is 14.2. The van der Waals surface area contributed by atoms with Gasteiger partial charge < -0.3 is 19.1 Å². The molecule has 0 N–H and O–H groups in total. The molecule has 0 aliphatic carbocycles. The average molecular weight is 614 g/mol. The van der Waals surface area contributed by atoms with Gasteiger partial charge in [-0.25, -0.2) is 0 Å². The Morgan fingerprint density at radius 2 is 0.896 bits per heavy atom. The van der Waals surface area contributed by atoms with Crippen LogP contribution in [-0.2, 0) is 0 Å². The van der Waals surface area contributed by atoms with Crippen LogP contribution < -0.4 is 0 Å². The van der Waals surface area contributed by atoms with Crippen LogP contribution in [0.4, 0.5) is 0 Å². The second-order valence-corrected chi connectivity index (χ2v) is 12.2. The van der Waals surface area contributed by atoms with Crippen molar-refractivity contribution in [2.75, 3.05) is 0 Å². The van der Waals surface area contributed by atoms with Crippen molar-refractivity contribution in [1.82, 2.24) is 13.9 Å². The Balaban J connectivity index is 1.38. The van der Waals surface area contributed by atoms with Crippen LogP contribution in [-0.4, -0.2) is 13.9 Å². The second-order valence-electron chi connectivity index (χ2n) is 12.2. The molecule has 0 radical (unpaired) electrons. The Hall–Kier alpha value is -6.77. The zero-order valence-corrected chi connectivity index (χ0v) is 25.6. The van der Waals surface area contributed by atoms with Crippen molar-refractivity contribution in [3.05, 3.63) is 162 Å². The Bertz CT molecular complexity index is 2930. The summed E-state index contributed by atoms with van der Waals surface area (Å²) in [6.45, 7) is 0. The number of rotatable bonds is 3. The molecule has 7 aromatic carbocycles. The summed E-state index contributed by atoms with van der Waals surface area (Å²) in [6.07, 6.45) is 0. The molecule has 48 heavy (non-hydrogen) atoms. The molecular weight excluding hydrogens is 589 g/mol. The molecule has 0 aliphatic heterocycles. The van der Waals surface area contributed by atoms with Crippen LogP contribution in [0.1, 0.15) is 5.56 Å². The lowest BCUT2D eigenvalue weighted by molar-refractivity contribution is 1.14. The van der Waals surface area contributed by atoms with Crippen molar-refractivity contribution >= 4 is 65.4 Å². The third-order valence-corrected chi connectivity index (χ3v) is 9.82. The van der Waals surface area contributed by atoms with E-state index in [9.17, 15) is 10.5 Å². The van der Waals surface area contributed by atoms with Crippen LogP contribution in [0.25, 0.3) is 87.9 Å². The number of hydrogen-bond acceptors (Lipinski definition) is 2. The van der Waals surface area contributed by atoms with E-state index in [1.54, 1.807) is 0 Å². The van der Waals surface area contributed by atoms with Crippen LogP contribution in [0.2, 0.25) is 0 Å². The van der Waals surface area contributed by atoms with Gasteiger partial charge in [0.25, 0.3) is 0 Å².